The number of amides is 1. The fourth-order valence-corrected chi connectivity index (χ4v) is 2.26. The summed E-state index contributed by atoms with van der Waals surface area (Å²) in [5.74, 6) is -0.600. The number of hydrogen-bond donors (Lipinski definition) is 0. The van der Waals surface area contributed by atoms with Crippen LogP contribution in [0, 0.1) is 16.0 Å². The van der Waals surface area contributed by atoms with Gasteiger partial charge < -0.3 is 9.64 Å². The monoisotopic (exact) mass is 342 g/mol. The lowest BCUT2D eigenvalue weighted by Crippen LogP contribution is -2.36. The highest BCUT2D eigenvalue weighted by Gasteiger charge is 2.22. The van der Waals surface area contributed by atoms with E-state index < -0.39 is 10.9 Å². The molecule has 8 heteroatoms. The molecule has 0 aliphatic heterocycles. The van der Waals surface area contributed by atoms with Crippen LogP contribution in [-0.2, 0) is 9.53 Å². The number of halogens is 1. The largest absolute Gasteiger partial charge is 0.469 e. The van der Waals surface area contributed by atoms with E-state index in [1.54, 1.807) is 0 Å². The summed E-state index contributed by atoms with van der Waals surface area (Å²) in [5.41, 5.74) is -0.0145. The number of carbonyl (C=O) groups excluding carboxylic acids is 2. The second-order valence-electron chi connectivity index (χ2n) is 5.39. The Labute approximate surface area is 139 Å². The fourth-order valence-electron chi connectivity index (χ4n) is 2.01. The molecule has 0 aliphatic carbocycles. The summed E-state index contributed by atoms with van der Waals surface area (Å²) in [6.45, 7) is 4.51. The predicted molar refractivity (Wildman–Crippen MR) is 85.5 cm³/mol. The molecule has 0 N–H and O–H groups in total. The summed E-state index contributed by atoms with van der Waals surface area (Å²) < 4.78 is 4.58. The number of benzene rings is 1. The SMILES string of the molecule is COC(=O)CCN(CC(C)C)C(=O)c1ccc([N+](=O)[O-])cc1Cl. The van der Waals surface area contributed by atoms with Crippen LogP contribution in [0.1, 0.15) is 30.6 Å². The van der Waals surface area contributed by atoms with Crippen LogP contribution in [0.4, 0.5) is 5.69 Å². The lowest BCUT2D eigenvalue weighted by molar-refractivity contribution is -0.384. The van der Waals surface area contributed by atoms with Crippen molar-refractivity contribution in [1.29, 1.82) is 0 Å². The molecule has 0 fully saturated rings. The molecule has 0 atom stereocenters. The van der Waals surface area contributed by atoms with Gasteiger partial charge in [0.2, 0.25) is 0 Å². The summed E-state index contributed by atoms with van der Waals surface area (Å²) >= 11 is 6.00. The Hall–Kier alpha value is -2.15. The minimum atomic E-state index is -0.580. The van der Waals surface area contributed by atoms with Crippen LogP contribution in [0.3, 0.4) is 0 Å². The normalized spacial score (nSPS) is 10.5. The van der Waals surface area contributed by atoms with E-state index >= 15 is 0 Å². The number of methoxy groups -OCH3 is 1. The smallest absolute Gasteiger partial charge is 0.307 e. The van der Waals surface area contributed by atoms with E-state index in [1.165, 1.54) is 24.1 Å². The number of hydrogen-bond acceptors (Lipinski definition) is 5. The van der Waals surface area contributed by atoms with Crippen LogP contribution in [0.2, 0.25) is 5.02 Å². The molecule has 23 heavy (non-hydrogen) atoms. The van der Waals surface area contributed by atoms with Crippen molar-refractivity contribution < 1.29 is 19.2 Å². The number of ether oxygens (including phenoxy) is 1. The molecular weight excluding hydrogens is 324 g/mol. The third kappa shape index (κ3) is 5.52. The number of nitro benzene ring substituents is 1. The number of esters is 1. The van der Waals surface area contributed by atoms with Gasteiger partial charge in [0.25, 0.3) is 11.6 Å². The van der Waals surface area contributed by atoms with Crippen LogP contribution in [0.15, 0.2) is 18.2 Å². The van der Waals surface area contributed by atoms with Gasteiger partial charge in [-0.3, -0.25) is 19.7 Å². The van der Waals surface area contributed by atoms with Gasteiger partial charge >= 0.3 is 5.97 Å². The standard InChI is InChI=1S/C15H19ClN2O5/c1-10(2)9-17(7-6-14(19)23-3)15(20)12-5-4-11(18(21)22)8-13(12)16/h4-5,8,10H,6-7,9H2,1-3H3. The van der Waals surface area contributed by atoms with Crippen molar-refractivity contribution in [2.45, 2.75) is 20.3 Å². The molecule has 1 amide bonds. The number of rotatable bonds is 7. The third-order valence-corrected chi connectivity index (χ3v) is 3.39. The lowest BCUT2D eigenvalue weighted by atomic mass is 10.1. The number of nitrogens with zero attached hydrogens (tertiary/aromatic N) is 2. The lowest BCUT2D eigenvalue weighted by Gasteiger charge is -2.24. The van der Waals surface area contributed by atoms with Gasteiger partial charge in [0.15, 0.2) is 0 Å². The Kier molecular flexibility index (Phi) is 6.96. The molecule has 0 heterocycles. The zero-order valence-electron chi connectivity index (χ0n) is 13.2. The third-order valence-electron chi connectivity index (χ3n) is 3.08. The highest BCUT2D eigenvalue weighted by atomic mass is 35.5. The average Bonchev–Trinajstić information content (AvgIpc) is 2.49. The second-order valence-corrected chi connectivity index (χ2v) is 5.80. The van der Waals surface area contributed by atoms with Gasteiger partial charge in [0.1, 0.15) is 0 Å². The number of nitro groups is 1. The molecule has 1 aromatic rings. The molecule has 0 unspecified atom stereocenters. The van der Waals surface area contributed by atoms with Gasteiger partial charge in [0.05, 0.1) is 29.0 Å². The Morgan fingerprint density at radius 2 is 2.04 bits per heavy atom. The molecule has 126 valence electrons. The van der Waals surface area contributed by atoms with Gasteiger partial charge in [-0.2, -0.15) is 0 Å². The Balaban J connectivity index is 2.99. The van der Waals surface area contributed by atoms with Crippen molar-refractivity contribution in [3.63, 3.8) is 0 Å². The highest BCUT2D eigenvalue weighted by Crippen LogP contribution is 2.24. The first-order valence-electron chi connectivity index (χ1n) is 7.06. The molecule has 0 spiro atoms. The molecule has 0 aliphatic rings. The summed E-state index contributed by atoms with van der Waals surface area (Å²) in [7, 11) is 1.28. The molecular formula is C15H19ClN2O5. The summed E-state index contributed by atoms with van der Waals surface area (Å²) in [6, 6.07) is 3.70. The first-order chi connectivity index (χ1) is 10.8. The molecule has 7 nitrogen and oxygen atoms in total. The van der Waals surface area contributed by atoms with Gasteiger partial charge in [-0.25, -0.2) is 0 Å². The summed E-state index contributed by atoms with van der Waals surface area (Å²) in [5, 5.41) is 10.7. The number of carbonyl (C=O) groups is 2. The molecule has 0 saturated carbocycles. The molecule has 1 rings (SSSR count). The van der Waals surface area contributed by atoms with E-state index in [2.05, 4.69) is 4.74 Å². The van der Waals surface area contributed by atoms with Crippen LogP contribution in [0.5, 0.6) is 0 Å². The van der Waals surface area contributed by atoms with Crippen LogP contribution >= 0.6 is 11.6 Å². The quantitative estimate of drug-likeness (QED) is 0.431. The highest BCUT2D eigenvalue weighted by molar-refractivity contribution is 6.34. The van der Waals surface area contributed by atoms with Crippen molar-refractivity contribution in [1.82, 2.24) is 4.90 Å². The Morgan fingerprint density at radius 1 is 1.39 bits per heavy atom. The van der Waals surface area contributed by atoms with Crippen LogP contribution < -0.4 is 0 Å². The van der Waals surface area contributed by atoms with Gasteiger partial charge in [-0.05, 0) is 12.0 Å². The van der Waals surface area contributed by atoms with Crippen molar-refractivity contribution in [3.05, 3.63) is 38.9 Å². The minimum Gasteiger partial charge on any atom is -0.469 e. The molecule has 0 radical (unpaired) electrons. The van der Waals surface area contributed by atoms with E-state index in [4.69, 9.17) is 11.6 Å². The predicted octanol–water partition coefficient (Wildman–Crippen LogP) is 2.91. The topological polar surface area (TPSA) is 89.8 Å². The molecule has 0 bridgehead atoms. The van der Waals surface area contributed by atoms with Crippen molar-refractivity contribution in [3.8, 4) is 0 Å². The first-order valence-corrected chi connectivity index (χ1v) is 7.44. The van der Waals surface area contributed by atoms with Crippen molar-refractivity contribution >= 4 is 29.2 Å². The maximum Gasteiger partial charge on any atom is 0.307 e. The summed E-state index contributed by atoms with van der Waals surface area (Å²) in [6.07, 6.45) is 0.0690. The van der Waals surface area contributed by atoms with Gasteiger partial charge in [-0.1, -0.05) is 25.4 Å². The zero-order chi connectivity index (χ0) is 17.6. The minimum absolute atomic E-state index is 0.0102. The van der Waals surface area contributed by atoms with Gasteiger partial charge in [0, 0.05) is 25.2 Å². The van der Waals surface area contributed by atoms with E-state index in [0.717, 1.165) is 6.07 Å². The van der Waals surface area contributed by atoms with Crippen molar-refractivity contribution in [2.75, 3.05) is 20.2 Å². The average molecular weight is 343 g/mol. The zero-order valence-corrected chi connectivity index (χ0v) is 14.0. The van der Waals surface area contributed by atoms with Crippen LogP contribution in [0.25, 0.3) is 0 Å². The maximum atomic E-state index is 12.6. The van der Waals surface area contributed by atoms with Crippen molar-refractivity contribution in [2.24, 2.45) is 5.92 Å². The Morgan fingerprint density at radius 3 is 2.52 bits per heavy atom. The molecule has 0 saturated heterocycles. The first kappa shape index (κ1) is 18.9. The number of non-ortho nitro benzene ring substituents is 1. The maximum absolute atomic E-state index is 12.6. The second kappa shape index (κ2) is 8.47. The van der Waals surface area contributed by atoms with Crippen LogP contribution in [-0.4, -0.2) is 41.9 Å². The summed E-state index contributed by atoms with van der Waals surface area (Å²) in [4.78, 5) is 35.5. The molecule has 1 aromatic carbocycles. The van der Waals surface area contributed by atoms with E-state index in [1.807, 2.05) is 13.8 Å². The van der Waals surface area contributed by atoms with E-state index in [-0.39, 0.29) is 41.1 Å². The molecule has 0 aromatic heterocycles. The van der Waals surface area contributed by atoms with Gasteiger partial charge in [-0.15, -0.1) is 0 Å². The van der Waals surface area contributed by atoms with E-state index in [0.29, 0.717) is 6.54 Å². The van der Waals surface area contributed by atoms with E-state index in [9.17, 15) is 19.7 Å². The fraction of sp³-hybridized carbons (Fsp3) is 0.467. The Bertz CT molecular complexity index is 604.